The molecule has 1 aliphatic heterocycles. The number of rotatable bonds is 2. The van der Waals surface area contributed by atoms with Crippen molar-refractivity contribution in [2.45, 2.75) is 6.92 Å². The predicted octanol–water partition coefficient (Wildman–Crippen LogP) is 1.04. The highest BCUT2D eigenvalue weighted by atomic mass is 32.1. The Bertz CT molecular complexity index is 587. The molecular formula is C12H18N6S. The van der Waals surface area contributed by atoms with Crippen LogP contribution in [0, 0.1) is 6.92 Å². The summed E-state index contributed by atoms with van der Waals surface area (Å²) in [7, 11) is 2.15. The van der Waals surface area contributed by atoms with Crippen LogP contribution in [0.4, 0.5) is 11.8 Å². The van der Waals surface area contributed by atoms with Gasteiger partial charge in [0.15, 0.2) is 0 Å². The number of nitrogen functional groups attached to an aromatic ring is 1. The van der Waals surface area contributed by atoms with Gasteiger partial charge in [0.2, 0.25) is 5.95 Å². The highest BCUT2D eigenvalue weighted by Crippen LogP contribution is 2.31. The number of aromatic nitrogens is 2. The number of hydrazine groups is 1. The van der Waals surface area contributed by atoms with Crippen molar-refractivity contribution in [1.29, 1.82) is 0 Å². The van der Waals surface area contributed by atoms with Crippen molar-refractivity contribution >= 4 is 33.3 Å². The summed E-state index contributed by atoms with van der Waals surface area (Å²) in [5.74, 6) is 6.96. The van der Waals surface area contributed by atoms with Gasteiger partial charge in [0, 0.05) is 31.1 Å². The van der Waals surface area contributed by atoms with Gasteiger partial charge in [-0.05, 0) is 20.0 Å². The molecule has 0 unspecified atom stereocenters. The second-order valence-electron chi connectivity index (χ2n) is 4.88. The molecule has 0 spiro atoms. The van der Waals surface area contributed by atoms with Crippen molar-refractivity contribution < 1.29 is 0 Å². The summed E-state index contributed by atoms with van der Waals surface area (Å²) in [6.07, 6.45) is 0. The maximum Gasteiger partial charge on any atom is 0.240 e. The SMILES string of the molecule is Cc1cc2c(N3CCN(C)CC3)nc(NN)nc2s1. The first kappa shape index (κ1) is 12.6. The molecule has 0 aliphatic carbocycles. The third kappa shape index (κ3) is 2.36. The molecule has 0 saturated carbocycles. The Morgan fingerprint density at radius 1 is 1.26 bits per heavy atom. The molecule has 0 aromatic carbocycles. The number of nitrogens with one attached hydrogen (secondary N) is 1. The summed E-state index contributed by atoms with van der Waals surface area (Å²) in [5, 5.41) is 1.13. The zero-order valence-corrected chi connectivity index (χ0v) is 12.0. The number of hydrogen-bond acceptors (Lipinski definition) is 7. The number of piperazine rings is 1. The quantitative estimate of drug-likeness (QED) is 0.632. The molecule has 1 fully saturated rings. The Kier molecular flexibility index (Phi) is 3.26. The molecule has 0 amide bonds. The minimum absolute atomic E-state index is 0.489. The molecule has 6 nitrogen and oxygen atoms in total. The van der Waals surface area contributed by atoms with E-state index in [1.165, 1.54) is 4.88 Å². The van der Waals surface area contributed by atoms with Gasteiger partial charge in [-0.2, -0.15) is 4.98 Å². The van der Waals surface area contributed by atoms with Crippen LogP contribution in [-0.4, -0.2) is 48.1 Å². The van der Waals surface area contributed by atoms with E-state index in [9.17, 15) is 0 Å². The minimum atomic E-state index is 0.489. The molecule has 3 rings (SSSR count). The van der Waals surface area contributed by atoms with Crippen molar-refractivity contribution in [3.63, 3.8) is 0 Å². The maximum atomic E-state index is 5.47. The van der Waals surface area contributed by atoms with Crippen LogP contribution < -0.4 is 16.2 Å². The lowest BCUT2D eigenvalue weighted by molar-refractivity contribution is 0.312. The monoisotopic (exact) mass is 278 g/mol. The fraction of sp³-hybridized carbons (Fsp3) is 0.500. The molecule has 0 atom stereocenters. The number of nitrogens with zero attached hydrogens (tertiary/aromatic N) is 4. The Labute approximate surface area is 116 Å². The van der Waals surface area contributed by atoms with Crippen LogP contribution in [0.25, 0.3) is 10.2 Å². The Morgan fingerprint density at radius 2 is 2.00 bits per heavy atom. The number of likely N-dealkylation sites (N-methyl/N-ethyl adjacent to an activating group) is 1. The Hall–Kier alpha value is -1.44. The Balaban J connectivity index is 2.05. The lowest BCUT2D eigenvalue weighted by Gasteiger charge is -2.33. The summed E-state index contributed by atoms with van der Waals surface area (Å²) < 4.78 is 0. The maximum absolute atomic E-state index is 5.47. The minimum Gasteiger partial charge on any atom is -0.353 e. The number of hydrogen-bond donors (Lipinski definition) is 2. The van der Waals surface area contributed by atoms with Gasteiger partial charge in [0.25, 0.3) is 0 Å². The van der Waals surface area contributed by atoms with Crippen LogP contribution in [0.5, 0.6) is 0 Å². The molecule has 0 radical (unpaired) electrons. The molecule has 1 aliphatic rings. The average molecular weight is 278 g/mol. The highest BCUT2D eigenvalue weighted by Gasteiger charge is 2.19. The van der Waals surface area contributed by atoms with Crippen LogP contribution >= 0.6 is 11.3 Å². The number of fused-ring (bicyclic) bond motifs is 1. The van der Waals surface area contributed by atoms with E-state index >= 15 is 0 Å². The molecule has 1 saturated heterocycles. The van der Waals surface area contributed by atoms with E-state index in [-0.39, 0.29) is 0 Å². The number of nitrogens with two attached hydrogens (primary N) is 1. The fourth-order valence-electron chi connectivity index (χ4n) is 2.35. The summed E-state index contributed by atoms with van der Waals surface area (Å²) >= 11 is 1.68. The fourth-order valence-corrected chi connectivity index (χ4v) is 3.22. The molecule has 7 heteroatoms. The molecule has 0 bridgehead atoms. The second kappa shape index (κ2) is 4.92. The highest BCUT2D eigenvalue weighted by molar-refractivity contribution is 7.18. The van der Waals surface area contributed by atoms with E-state index in [1.807, 2.05) is 0 Å². The van der Waals surface area contributed by atoms with Gasteiger partial charge in [0.05, 0.1) is 5.39 Å². The van der Waals surface area contributed by atoms with Gasteiger partial charge < -0.3 is 9.80 Å². The molecule has 102 valence electrons. The largest absolute Gasteiger partial charge is 0.353 e. The standard InChI is InChI=1S/C12H18N6S/c1-8-7-9-10(18-5-3-17(2)4-6-18)14-12(16-13)15-11(9)19-8/h7H,3-6,13H2,1-2H3,(H,14,15,16). The zero-order valence-electron chi connectivity index (χ0n) is 11.2. The van der Waals surface area contributed by atoms with Crippen molar-refractivity contribution in [3.8, 4) is 0 Å². The van der Waals surface area contributed by atoms with E-state index < -0.39 is 0 Å². The van der Waals surface area contributed by atoms with Crippen molar-refractivity contribution in [1.82, 2.24) is 14.9 Å². The Morgan fingerprint density at radius 3 is 2.68 bits per heavy atom. The van der Waals surface area contributed by atoms with Crippen LogP contribution in [0.3, 0.4) is 0 Å². The van der Waals surface area contributed by atoms with Crippen molar-refractivity contribution in [2.75, 3.05) is 43.6 Å². The second-order valence-corrected chi connectivity index (χ2v) is 6.12. The van der Waals surface area contributed by atoms with E-state index in [1.54, 1.807) is 11.3 Å². The van der Waals surface area contributed by atoms with E-state index in [4.69, 9.17) is 5.84 Å². The third-order valence-electron chi connectivity index (χ3n) is 3.43. The number of anilines is 2. The molecule has 3 heterocycles. The molecule has 2 aromatic rings. The summed E-state index contributed by atoms with van der Waals surface area (Å²) in [6, 6.07) is 2.16. The summed E-state index contributed by atoms with van der Waals surface area (Å²) in [6.45, 7) is 6.18. The summed E-state index contributed by atoms with van der Waals surface area (Å²) in [4.78, 5) is 15.9. The van der Waals surface area contributed by atoms with Crippen LogP contribution in [0.2, 0.25) is 0 Å². The summed E-state index contributed by atoms with van der Waals surface area (Å²) in [5.41, 5.74) is 2.56. The van der Waals surface area contributed by atoms with E-state index in [0.29, 0.717) is 5.95 Å². The first-order chi connectivity index (χ1) is 9.17. The predicted molar refractivity (Wildman–Crippen MR) is 79.7 cm³/mol. The van der Waals surface area contributed by atoms with Crippen molar-refractivity contribution in [2.24, 2.45) is 5.84 Å². The molecule has 2 aromatic heterocycles. The van der Waals surface area contributed by atoms with Crippen molar-refractivity contribution in [3.05, 3.63) is 10.9 Å². The van der Waals surface area contributed by atoms with E-state index in [2.05, 4.69) is 45.2 Å². The zero-order chi connectivity index (χ0) is 13.4. The third-order valence-corrected chi connectivity index (χ3v) is 4.37. The lowest BCUT2D eigenvalue weighted by atomic mass is 10.2. The van der Waals surface area contributed by atoms with Crippen LogP contribution in [0.15, 0.2) is 6.07 Å². The van der Waals surface area contributed by atoms with Gasteiger partial charge in [-0.1, -0.05) is 0 Å². The first-order valence-corrected chi connectivity index (χ1v) is 7.17. The first-order valence-electron chi connectivity index (χ1n) is 6.35. The molecule has 3 N–H and O–H groups in total. The molecular weight excluding hydrogens is 260 g/mol. The van der Waals surface area contributed by atoms with Gasteiger partial charge in [-0.15, -0.1) is 11.3 Å². The van der Waals surface area contributed by atoms with Crippen LogP contribution in [0.1, 0.15) is 4.88 Å². The number of thiophene rings is 1. The topological polar surface area (TPSA) is 70.3 Å². The van der Waals surface area contributed by atoms with Crippen LogP contribution in [-0.2, 0) is 0 Å². The lowest BCUT2D eigenvalue weighted by Crippen LogP contribution is -2.45. The molecule has 19 heavy (non-hydrogen) atoms. The average Bonchev–Trinajstić information content (AvgIpc) is 2.78. The van der Waals surface area contributed by atoms with Gasteiger partial charge in [0.1, 0.15) is 10.6 Å². The van der Waals surface area contributed by atoms with E-state index in [0.717, 1.165) is 42.2 Å². The van der Waals surface area contributed by atoms with Gasteiger partial charge >= 0.3 is 0 Å². The smallest absolute Gasteiger partial charge is 0.240 e. The van der Waals surface area contributed by atoms with Gasteiger partial charge in [-0.3, -0.25) is 5.43 Å². The number of aryl methyl sites for hydroxylation is 1. The van der Waals surface area contributed by atoms with Gasteiger partial charge in [-0.25, -0.2) is 10.8 Å². The normalized spacial score (nSPS) is 17.1.